The molecule has 0 radical (unpaired) electrons. The molecule has 0 saturated heterocycles. The molecule has 0 atom stereocenters. The molecule has 21 heavy (non-hydrogen) atoms. The van der Waals surface area contributed by atoms with E-state index in [2.05, 4.69) is 15.3 Å². The lowest BCUT2D eigenvalue weighted by atomic mass is 10.2. The summed E-state index contributed by atoms with van der Waals surface area (Å²) in [5, 5.41) is 11.9. The van der Waals surface area contributed by atoms with Crippen LogP contribution in [0.15, 0.2) is 49.1 Å². The normalized spacial score (nSPS) is 10.6. The molecule has 6 nitrogen and oxygen atoms in total. The first-order chi connectivity index (χ1) is 10.3. The van der Waals surface area contributed by atoms with Gasteiger partial charge in [0.25, 0.3) is 0 Å². The molecule has 0 unspecified atom stereocenters. The van der Waals surface area contributed by atoms with E-state index in [-0.39, 0.29) is 19.1 Å². The number of pyridine rings is 2. The number of amides is 1. The van der Waals surface area contributed by atoms with Crippen molar-refractivity contribution in [2.45, 2.75) is 6.54 Å². The average Bonchev–Trinajstić information content (AvgIpc) is 2.49. The van der Waals surface area contributed by atoms with Gasteiger partial charge < -0.3 is 10.4 Å². The molecule has 2 N–H and O–H groups in total. The van der Waals surface area contributed by atoms with Crippen LogP contribution in [-0.2, 0) is 11.3 Å². The maximum absolute atomic E-state index is 12.0. The first-order valence-corrected chi connectivity index (χ1v) is 6.70. The number of carbonyl (C=O) groups excluding carboxylic acids is 1. The molecule has 0 bridgehead atoms. The number of rotatable bonds is 7. The van der Waals surface area contributed by atoms with Crippen LogP contribution in [0.25, 0.3) is 0 Å². The number of hydrogen-bond donors (Lipinski definition) is 2. The van der Waals surface area contributed by atoms with Gasteiger partial charge >= 0.3 is 0 Å². The van der Waals surface area contributed by atoms with Gasteiger partial charge in [-0.2, -0.15) is 0 Å². The van der Waals surface area contributed by atoms with Crippen molar-refractivity contribution in [3.63, 3.8) is 0 Å². The first kappa shape index (κ1) is 15.1. The second-order valence-corrected chi connectivity index (χ2v) is 4.58. The minimum atomic E-state index is -0.126. The van der Waals surface area contributed by atoms with Crippen LogP contribution in [0.1, 0.15) is 5.56 Å². The zero-order chi connectivity index (χ0) is 14.9. The second-order valence-electron chi connectivity index (χ2n) is 4.58. The summed E-state index contributed by atoms with van der Waals surface area (Å²) in [5.74, 6) is -0.126. The van der Waals surface area contributed by atoms with Crippen LogP contribution in [0.3, 0.4) is 0 Å². The standard InChI is InChI=1S/C15H18N4O2/c20-9-8-19(11-13-2-1-5-17-10-13)12-15(21)18-14-3-6-16-7-4-14/h1-7,10,20H,8-9,11-12H2,(H,16,18,21). The molecule has 0 spiro atoms. The predicted octanol–water partition coefficient (Wildman–Crippen LogP) is 0.910. The number of carbonyl (C=O) groups is 1. The van der Waals surface area contributed by atoms with E-state index in [9.17, 15) is 4.79 Å². The molecule has 0 aliphatic rings. The molecule has 2 aromatic heterocycles. The van der Waals surface area contributed by atoms with E-state index < -0.39 is 0 Å². The van der Waals surface area contributed by atoms with Crippen LogP contribution in [0.5, 0.6) is 0 Å². The van der Waals surface area contributed by atoms with Crippen molar-refractivity contribution in [2.75, 3.05) is 25.0 Å². The lowest BCUT2D eigenvalue weighted by Crippen LogP contribution is -2.34. The van der Waals surface area contributed by atoms with E-state index in [0.717, 1.165) is 5.56 Å². The zero-order valence-corrected chi connectivity index (χ0v) is 11.6. The van der Waals surface area contributed by atoms with Crippen molar-refractivity contribution in [3.8, 4) is 0 Å². The van der Waals surface area contributed by atoms with Gasteiger partial charge in [-0.25, -0.2) is 0 Å². The van der Waals surface area contributed by atoms with Gasteiger partial charge in [-0.05, 0) is 23.8 Å². The summed E-state index contributed by atoms with van der Waals surface area (Å²) in [4.78, 5) is 21.8. The third-order valence-electron chi connectivity index (χ3n) is 2.88. The summed E-state index contributed by atoms with van der Waals surface area (Å²) in [5.41, 5.74) is 1.71. The van der Waals surface area contributed by atoms with Crippen molar-refractivity contribution in [2.24, 2.45) is 0 Å². The van der Waals surface area contributed by atoms with E-state index in [0.29, 0.717) is 18.8 Å². The molecule has 0 saturated carbocycles. The van der Waals surface area contributed by atoms with Gasteiger partial charge in [0.2, 0.25) is 5.91 Å². The Labute approximate surface area is 123 Å². The maximum atomic E-state index is 12.0. The topological polar surface area (TPSA) is 78.4 Å². The van der Waals surface area contributed by atoms with Gasteiger partial charge in [0.05, 0.1) is 13.2 Å². The van der Waals surface area contributed by atoms with Crippen molar-refractivity contribution in [3.05, 3.63) is 54.6 Å². The van der Waals surface area contributed by atoms with Crippen LogP contribution in [0, 0.1) is 0 Å². The number of nitrogens with zero attached hydrogens (tertiary/aromatic N) is 3. The highest BCUT2D eigenvalue weighted by molar-refractivity contribution is 5.92. The van der Waals surface area contributed by atoms with Gasteiger partial charge in [-0.1, -0.05) is 6.07 Å². The van der Waals surface area contributed by atoms with Gasteiger partial charge in [-0.15, -0.1) is 0 Å². The van der Waals surface area contributed by atoms with E-state index in [1.165, 1.54) is 0 Å². The Morgan fingerprint density at radius 2 is 2.00 bits per heavy atom. The number of aliphatic hydroxyl groups excluding tert-OH is 1. The lowest BCUT2D eigenvalue weighted by Gasteiger charge is -2.20. The Bertz CT molecular complexity index is 548. The van der Waals surface area contributed by atoms with E-state index in [4.69, 9.17) is 5.11 Å². The largest absolute Gasteiger partial charge is 0.395 e. The Morgan fingerprint density at radius 1 is 1.19 bits per heavy atom. The van der Waals surface area contributed by atoms with E-state index in [1.54, 1.807) is 36.9 Å². The van der Waals surface area contributed by atoms with Crippen LogP contribution in [0.2, 0.25) is 0 Å². The van der Waals surface area contributed by atoms with Crippen molar-refractivity contribution < 1.29 is 9.90 Å². The zero-order valence-electron chi connectivity index (χ0n) is 11.6. The molecule has 0 aliphatic carbocycles. The Kier molecular flexibility index (Phi) is 5.81. The van der Waals surface area contributed by atoms with Crippen molar-refractivity contribution in [1.29, 1.82) is 0 Å². The van der Waals surface area contributed by atoms with Gasteiger partial charge in [0, 0.05) is 43.6 Å². The van der Waals surface area contributed by atoms with Gasteiger partial charge in [0.15, 0.2) is 0 Å². The number of aliphatic hydroxyl groups is 1. The quantitative estimate of drug-likeness (QED) is 0.791. The smallest absolute Gasteiger partial charge is 0.238 e. The summed E-state index contributed by atoms with van der Waals surface area (Å²) in [6.45, 7) is 1.21. The highest BCUT2D eigenvalue weighted by Crippen LogP contribution is 2.05. The minimum absolute atomic E-state index is 0.00278. The fraction of sp³-hybridized carbons (Fsp3) is 0.267. The molecule has 1 amide bonds. The van der Waals surface area contributed by atoms with Crippen LogP contribution >= 0.6 is 0 Å². The fourth-order valence-corrected chi connectivity index (χ4v) is 1.94. The van der Waals surface area contributed by atoms with E-state index >= 15 is 0 Å². The number of nitrogens with one attached hydrogen (secondary N) is 1. The summed E-state index contributed by atoms with van der Waals surface area (Å²) in [7, 11) is 0. The van der Waals surface area contributed by atoms with Crippen molar-refractivity contribution >= 4 is 11.6 Å². The summed E-state index contributed by atoms with van der Waals surface area (Å²) in [6, 6.07) is 7.26. The molecular formula is C15H18N4O2. The lowest BCUT2D eigenvalue weighted by molar-refractivity contribution is -0.117. The number of anilines is 1. The van der Waals surface area contributed by atoms with Crippen molar-refractivity contribution in [1.82, 2.24) is 14.9 Å². The molecule has 2 rings (SSSR count). The molecule has 0 aliphatic heterocycles. The Balaban J connectivity index is 1.91. The number of aromatic nitrogens is 2. The second kappa shape index (κ2) is 8.08. The third kappa shape index (κ3) is 5.29. The molecule has 2 heterocycles. The van der Waals surface area contributed by atoms with Gasteiger partial charge in [-0.3, -0.25) is 19.7 Å². The summed E-state index contributed by atoms with van der Waals surface area (Å²) < 4.78 is 0. The maximum Gasteiger partial charge on any atom is 0.238 e. The minimum Gasteiger partial charge on any atom is -0.395 e. The molecule has 0 fully saturated rings. The Hall–Kier alpha value is -2.31. The SMILES string of the molecule is O=C(CN(CCO)Cc1cccnc1)Nc1ccncc1. The molecule has 0 aromatic carbocycles. The van der Waals surface area contributed by atoms with Gasteiger partial charge in [0.1, 0.15) is 0 Å². The third-order valence-corrected chi connectivity index (χ3v) is 2.88. The predicted molar refractivity (Wildman–Crippen MR) is 79.5 cm³/mol. The Morgan fingerprint density at radius 3 is 2.67 bits per heavy atom. The molecule has 6 heteroatoms. The first-order valence-electron chi connectivity index (χ1n) is 6.70. The van der Waals surface area contributed by atoms with Crippen LogP contribution < -0.4 is 5.32 Å². The summed E-state index contributed by atoms with van der Waals surface area (Å²) in [6.07, 6.45) is 6.70. The average molecular weight is 286 g/mol. The monoisotopic (exact) mass is 286 g/mol. The molecule has 110 valence electrons. The highest BCUT2D eigenvalue weighted by atomic mass is 16.3. The van der Waals surface area contributed by atoms with Crippen LogP contribution in [-0.4, -0.2) is 45.6 Å². The fourth-order valence-electron chi connectivity index (χ4n) is 1.94. The molecular weight excluding hydrogens is 268 g/mol. The number of hydrogen-bond acceptors (Lipinski definition) is 5. The van der Waals surface area contributed by atoms with Crippen LogP contribution in [0.4, 0.5) is 5.69 Å². The molecule has 2 aromatic rings. The van der Waals surface area contributed by atoms with E-state index in [1.807, 2.05) is 17.0 Å². The highest BCUT2D eigenvalue weighted by Gasteiger charge is 2.11. The summed E-state index contributed by atoms with van der Waals surface area (Å²) >= 11 is 0.